The van der Waals surface area contributed by atoms with Gasteiger partial charge in [0, 0.05) is 30.6 Å². The Morgan fingerprint density at radius 3 is 2.50 bits per heavy atom. The Morgan fingerprint density at radius 1 is 1.16 bits per heavy atom. The SMILES string of the molecule is Cc1c(C(F)(F)F)nn(C)c1C(=O)N[C@H]1CCc2nn(-c3ccnc(C(F)(F)F)c3)cc21. The van der Waals surface area contributed by atoms with Gasteiger partial charge in [-0.1, -0.05) is 0 Å². The highest BCUT2D eigenvalue weighted by molar-refractivity contribution is 5.94. The molecule has 0 fully saturated rings. The van der Waals surface area contributed by atoms with Crippen LogP contribution in [0.15, 0.2) is 24.5 Å². The van der Waals surface area contributed by atoms with Gasteiger partial charge in [-0.2, -0.15) is 36.5 Å². The summed E-state index contributed by atoms with van der Waals surface area (Å²) in [6.07, 6.45) is -5.88. The summed E-state index contributed by atoms with van der Waals surface area (Å²) >= 11 is 0. The summed E-state index contributed by atoms with van der Waals surface area (Å²) in [4.78, 5) is 16.0. The molecule has 0 aliphatic heterocycles. The van der Waals surface area contributed by atoms with Crippen LogP contribution in [0.4, 0.5) is 26.3 Å². The number of carbonyl (C=O) groups excluding carboxylic acids is 1. The number of aromatic nitrogens is 5. The van der Waals surface area contributed by atoms with E-state index in [1.807, 2.05) is 0 Å². The van der Waals surface area contributed by atoms with Crippen LogP contribution in [0.5, 0.6) is 0 Å². The van der Waals surface area contributed by atoms with Gasteiger partial charge in [0.15, 0.2) is 5.69 Å². The molecule has 0 aromatic carbocycles. The summed E-state index contributed by atoms with van der Waals surface area (Å²) in [6.45, 7) is 1.17. The van der Waals surface area contributed by atoms with Crippen molar-refractivity contribution >= 4 is 5.91 Å². The largest absolute Gasteiger partial charge is 0.435 e. The van der Waals surface area contributed by atoms with Gasteiger partial charge in [0.25, 0.3) is 5.91 Å². The molecule has 3 aromatic heterocycles. The summed E-state index contributed by atoms with van der Waals surface area (Å²) in [7, 11) is 1.25. The fourth-order valence-electron chi connectivity index (χ4n) is 3.79. The molecule has 3 heterocycles. The van der Waals surface area contributed by atoms with Gasteiger partial charge in [0.1, 0.15) is 11.4 Å². The van der Waals surface area contributed by atoms with E-state index < -0.39 is 35.7 Å². The first-order chi connectivity index (χ1) is 14.9. The molecule has 0 radical (unpaired) electrons. The van der Waals surface area contributed by atoms with Gasteiger partial charge in [-0.05, 0) is 31.9 Å². The molecular formula is C19H16F6N6O. The van der Waals surface area contributed by atoms with E-state index in [0.717, 1.165) is 16.9 Å². The average Bonchev–Trinajstić information content (AvgIpc) is 3.35. The van der Waals surface area contributed by atoms with E-state index >= 15 is 0 Å². The zero-order chi connectivity index (χ0) is 23.4. The number of nitrogens with one attached hydrogen (secondary N) is 1. The van der Waals surface area contributed by atoms with E-state index in [1.165, 1.54) is 30.9 Å². The maximum Gasteiger partial charge on any atom is 0.435 e. The molecule has 3 aromatic rings. The number of carbonyl (C=O) groups is 1. The number of hydrogen-bond acceptors (Lipinski definition) is 4. The van der Waals surface area contributed by atoms with Gasteiger partial charge in [0.05, 0.1) is 17.4 Å². The number of hydrogen-bond donors (Lipinski definition) is 1. The van der Waals surface area contributed by atoms with Crippen LogP contribution in [-0.2, 0) is 25.8 Å². The molecule has 0 unspecified atom stereocenters. The van der Waals surface area contributed by atoms with E-state index in [1.54, 1.807) is 0 Å². The molecule has 0 saturated carbocycles. The van der Waals surface area contributed by atoms with Crippen LogP contribution in [0.3, 0.4) is 0 Å². The van der Waals surface area contributed by atoms with Crippen molar-refractivity contribution in [2.45, 2.75) is 38.2 Å². The third-order valence-corrected chi connectivity index (χ3v) is 5.24. The average molecular weight is 458 g/mol. The maximum absolute atomic E-state index is 13.1. The highest BCUT2D eigenvalue weighted by atomic mass is 19.4. The van der Waals surface area contributed by atoms with E-state index in [9.17, 15) is 31.1 Å². The Kier molecular flexibility index (Phi) is 5.01. The molecule has 13 heteroatoms. The standard InChI is InChI=1S/C19H16F6N6O/c1-9-15(30(2)29-16(9)19(23,24)25)17(32)27-12-3-4-13-11(12)8-31(28-13)10-5-6-26-14(7-10)18(20,21)22/h5-8,12H,3-4H2,1-2H3,(H,27,32)/t12-/m0/s1. The van der Waals surface area contributed by atoms with Crippen molar-refractivity contribution in [1.82, 2.24) is 29.9 Å². The quantitative estimate of drug-likeness (QED) is 0.607. The highest BCUT2D eigenvalue weighted by Crippen LogP contribution is 2.34. The van der Waals surface area contributed by atoms with Crippen molar-refractivity contribution < 1.29 is 31.1 Å². The van der Waals surface area contributed by atoms with Crippen LogP contribution < -0.4 is 5.32 Å². The van der Waals surface area contributed by atoms with Crippen LogP contribution in [0.1, 0.15) is 51.2 Å². The van der Waals surface area contributed by atoms with Crippen LogP contribution in [-0.4, -0.2) is 30.5 Å². The second-order valence-corrected chi connectivity index (χ2v) is 7.38. The van der Waals surface area contributed by atoms with Crippen LogP contribution >= 0.6 is 0 Å². The molecule has 1 aliphatic rings. The Morgan fingerprint density at radius 2 is 1.88 bits per heavy atom. The molecule has 0 saturated heterocycles. The zero-order valence-corrected chi connectivity index (χ0v) is 16.7. The first kappa shape index (κ1) is 21.8. The van der Waals surface area contributed by atoms with Gasteiger partial charge in [-0.3, -0.25) is 14.5 Å². The number of fused-ring (bicyclic) bond motifs is 1. The Hall–Kier alpha value is -3.38. The second-order valence-electron chi connectivity index (χ2n) is 7.38. The van der Waals surface area contributed by atoms with Gasteiger partial charge in [0.2, 0.25) is 0 Å². The maximum atomic E-state index is 13.1. The van der Waals surface area contributed by atoms with Crippen molar-refractivity contribution in [1.29, 1.82) is 0 Å². The van der Waals surface area contributed by atoms with E-state index in [0.29, 0.717) is 24.1 Å². The molecular weight excluding hydrogens is 442 g/mol. The van der Waals surface area contributed by atoms with Crippen molar-refractivity contribution in [3.8, 4) is 5.69 Å². The lowest BCUT2D eigenvalue weighted by atomic mass is 10.1. The van der Waals surface area contributed by atoms with E-state index in [-0.39, 0.29) is 16.9 Å². The molecule has 1 atom stereocenters. The Labute approximate surface area is 177 Å². The minimum Gasteiger partial charge on any atom is -0.344 e. The molecule has 0 bridgehead atoms. The summed E-state index contributed by atoms with van der Waals surface area (Å²) in [5.41, 5.74) is -1.40. The topological polar surface area (TPSA) is 77.6 Å². The first-order valence-electron chi connectivity index (χ1n) is 9.40. The van der Waals surface area contributed by atoms with Gasteiger partial charge < -0.3 is 5.32 Å². The van der Waals surface area contributed by atoms with Gasteiger partial charge >= 0.3 is 12.4 Å². The van der Waals surface area contributed by atoms with Crippen molar-refractivity contribution in [2.75, 3.05) is 0 Å². The fourth-order valence-corrected chi connectivity index (χ4v) is 3.79. The number of aryl methyl sites for hydroxylation is 2. The summed E-state index contributed by atoms with van der Waals surface area (Å²) < 4.78 is 80.2. The molecule has 1 aliphatic carbocycles. The monoisotopic (exact) mass is 458 g/mol. The summed E-state index contributed by atoms with van der Waals surface area (Å²) in [5.74, 6) is -0.734. The lowest BCUT2D eigenvalue weighted by molar-refractivity contribution is -0.142. The molecule has 4 rings (SSSR count). The molecule has 170 valence electrons. The smallest absolute Gasteiger partial charge is 0.344 e. The van der Waals surface area contributed by atoms with E-state index in [4.69, 9.17) is 0 Å². The number of nitrogens with zero attached hydrogens (tertiary/aromatic N) is 5. The third kappa shape index (κ3) is 3.82. The Balaban J connectivity index is 1.59. The van der Waals surface area contributed by atoms with E-state index in [2.05, 4.69) is 20.5 Å². The summed E-state index contributed by atoms with van der Waals surface area (Å²) in [5, 5.41) is 10.4. The van der Waals surface area contributed by atoms with Gasteiger partial charge in [-0.25, -0.2) is 4.68 Å². The highest BCUT2D eigenvalue weighted by Gasteiger charge is 2.39. The molecule has 32 heavy (non-hydrogen) atoms. The number of pyridine rings is 1. The number of halogens is 6. The minimum atomic E-state index is -4.69. The number of rotatable bonds is 3. The lowest BCUT2D eigenvalue weighted by Crippen LogP contribution is -2.29. The van der Waals surface area contributed by atoms with Crippen molar-refractivity contribution in [2.24, 2.45) is 7.05 Å². The van der Waals surface area contributed by atoms with Crippen molar-refractivity contribution in [3.05, 3.63) is 58.4 Å². The Bertz CT molecular complexity index is 1190. The van der Waals surface area contributed by atoms with Crippen LogP contribution in [0.2, 0.25) is 0 Å². The summed E-state index contributed by atoms with van der Waals surface area (Å²) in [6, 6.07) is 1.66. The number of amides is 1. The molecule has 1 amide bonds. The van der Waals surface area contributed by atoms with Gasteiger partial charge in [-0.15, -0.1) is 0 Å². The molecule has 0 spiro atoms. The predicted molar refractivity (Wildman–Crippen MR) is 97.8 cm³/mol. The first-order valence-corrected chi connectivity index (χ1v) is 9.40. The predicted octanol–water partition coefficient (Wildman–Crippen LogP) is 3.76. The minimum absolute atomic E-state index is 0.143. The fraction of sp³-hybridized carbons (Fsp3) is 0.368. The lowest BCUT2D eigenvalue weighted by Gasteiger charge is -2.14. The normalized spacial score (nSPS) is 16.3. The van der Waals surface area contributed by atoms with Crippen molar-refractivity contribution in [3.63, 3.8) is 0 Å². The zero-order valence-electron chi connectivity index (χ0n) is 16.7. The molecule has 7 nitrogen and oxygen atoms in total. The number of alkyl halides is 6. The van der Waals surface area contributed by atoms with Crippen LogP contribution in [0.25, 0.3) is 5.69 Å². The molecule has 1 N–H and O–H groups in total. The third-order valence-electron chi connectivity index (χ3n) is 5.24. The van der Waals surface area contributed by atoms with Crippen LogP contribution in [0, 0.1) is 6.92 Å². The second kappa shape index (κ2) is 7.35.